The van der Waals surface area contributed by atoms with E-state index in [0.717, 1.165) is 28.8 Å². The molecule has 0 bridgehead atoms. The Morgan fingerprint density at radius 3 is 2.55 bits per heavy atom. The van der Waals surface area contributed by atoms with Crippen LogP contribution in [-0.4, -0.2) is 25.0 Å². The molecule has 2 unspecified atom stereocenters. The fourth-order valence-corrected chi connectivity index (χ4v) is 4.87. The quantitative estimate of drug-likeness (QED) is 0.525. The molecule has 6 heteroatoms. The summed E-state index contributed by atoms with van der Waals surface area (Å²) in [6, 6.07) is 18.5. The van der Waals surface area contributed by atoms with Gasteiger partial charge >= 0.3 is 0 Å². The third-order valence-corrected chi connectivity index (χ3v) is 6.81. The van der Waals surface area contributed by atoms with Crippen LogP contribution in [0.3, 0.4) is 0 Å². The lowest BCUT2D eigenvalue weighted by Crippen LogP contribution is -2.34. The van der Waals surface area contributed by atoms with Gasteiger partial charge in [-0.1, -0.05) is 29.8 Å². The molecule has 2 amide bonds. The molecular formula is C27H25ClN2O3. The molecule has 0 aliphatic carbocycles. The number of hydrogen-bond donors (Lipinski definition) is 1. The fourth-order valence-electron chi connectivity index (χ4n) is 4.69. The van der Waals surface area contributed by atoms with E-state index in [1.165, 1.54) is 0 Å². The van der Waals surface area contributed by atoms with Crippen LogP contribution in [0.4, 0.5) is 11.4 Å². The first-order valence-corrected chi connectivity index (χ1v) is 11.5. The molecule has 2 aliphatic heterocycles. The van der Waals surface area contributed by atoms with Gasteiger partial charge in [0.2, 0.25) is 0 Å². The molecule has 0 saturated carbocycles. The smallest absolute Gasteiger partial charge is 0.258 e. The van der Waals surface area contributed by atoms with Gasteiger partial charge in [0, 0.05) is 45.6 Å². The lowest BCUT2D eigenvalue weighted by molar-refractivity contribution is -0.117. The van der Waals surface area contributed by atoms with Crippen molar-refractivity contribution in [3.63, 3.8) is 0 Å². The second-order valence-electron chi connectivity index (χ2n) is 8.76. The van der Waals surface area contributed by atoms with Gasteiger partial charge in [0.1, 0.15) is 0 Å². The van der Waals surface area contributed by atoms with Crippen molar-refractivity contribution in [3.05, 3.63) is 93.5 Å². The Bertz CT molecular complexity index is 1260. The minimum absolute atomic E-state index is 0.00312. The normalized spacial score (nSPS) is 19.1. The first-order chi connectivity index (χ1) is 15.9. The highest BCUT2D eigenvalue weighted by atomic mass is 35.5. The van der Waals surface area contributed by atoms with E-state index in [-0.39, 0.29) is 17.9 Å². The first kappa shape index (κ1) is 21.7. The summed E-state index contributed by atoms with van der Waals surface area (Å²) in [6.07, 6.45) is 0.878. The maximum absolute atomic E-state index is 13.6. The number of anilines is 2. The average molecular weight is 461 g/mol. The highest BCUT2D eigenvalue weighted by Crippen LogP contribution is 2.45. The molecule has 33 heavy (non-hydrogen) atoms. The lowest BCUT2D eigenvalue weighted by atomic mass is 9.89. The van der Waals surface area contributed by atoms with E-state index in [9.17, 15) is 9.59 Å². The molecule has 0 radical (unpaired) electrons. The number of hydrogen-bond acceptors (Lipinski definition) is 3. The minimum atomic E-state index is -0.166. The second kappa shape index (κ2) is 8.65. The van der Waals surface area contributed by atoms with E-state index in [4.69, 9.17) is 16.3 Å². The molecule has 168 valence electrons. The number of rotatable bonds is 3. The first-order valence-electron chi connectivity index (χ1n) is 11.1. The maximum Gasteiger partial charge on any atom is 0.258 e. The topological polar surface area (TPSA) is 58.6 Å². The summed E-state index contributed by atoms with van der Waals surface area (Å²) in [7, 11) is 0. The summed E-state index contributed by atoms with van der Waals surface area (Å²) in [4.78, 5) is 28.1. The number of nitrogens with one attached hydrogen (secondary N) is 1. The Hall–Kier alpha value is -3.15. The third kappa shape index (κ3) is 4.03. The van der Waals surface area contributed by atoms with Gasteiger partial charge in [0.15, 0.2) is 0 Å². The highest BCUT2D eigenvalue weighted by Gasteiger charge is 2.39. The van der Waals surface area contributed by atoms with Gasteiger partial charge < -0.3 is 15.0 Å². The molecule has 2 atom stereocenters. The van der Waals surface area contributed by atoms with Crippen LogP contribution in [0.5, 0.6) is 0 Å². The minimum Gasteiger partial charge on any atom is -0.373 e. The number of aryl methyl sites for hydroxylation is 2. The molecule has 5 nitrogen and oxygen atoms in total. The predicted molar refractivity (Wildman–Crippen MR) is 130 cm³/mol. The van der Waals surface area contributed by atoms with Gasteiger partial charge in [-0.3, -0.25) is 9.59 Å². The number of amides is 2. The molecular weight excluding hydrogens is 436 g/mol. The maximum atomic E-state index is 13.6. The SMILES string of the molecule is Cc1ccccc1C(=O)Nc1ccc(C(=O)N2CCC3COC3c3cc(Cl)ccc32)c(C)c1. The molecule has 3 aromatic rings. The molecule has 0 spiro atoms. The van der Waals surface area contributed by atoms with Crippen molar-refractivity contribution >= 4 is 34.8 Å². The van der Waals surface area contributed by atoms with Crippen molar-refractivity contribution in [2.24, 2.45) is 5.92 Å². The molecule has 1 N–H and O–H groups in total. The van der Waals surface area contributed by atoms with Crippen LogP contribution in [0.15, 0.2) is 60.7 Å². The van der Waals surface area contributed by atoms with E-state index < -0.39 is 0 Å². The van der Waals surface area contributed by atoms with Crippen LogP contribution < -0.4 is 10.2 Å². The number of nitrogens with zero attached hydrogens (tertiary/aromatic N) is 1. The van der Waals surface area contributed by atoms with Crippen molar-refractivity contribution in [1.82, 2.24) is 0 Å². The number of ether oxygens (including phenoxy) is 1. The van der Waals surface area contributed by atoms with Crippen LogP contribution >= 0.6 is 11.6 Å². The Balaban J connectivity index is 1.41. The Morgan fingerprint density at radius 2 is 1.82 bits per heavy atom. The average Bonchev–Trinajstić information content (AvgIpc) is 2.86. The molecule has 3 aromatic carbocycles. The Labute approximate surface area is 198 Å². The molecule has 0 aromatic heterocycles. The summed E-state index contributed by atoms with van der Waals surface area (Å²) >= 11 is 6.26. The van der Waals surface area contributed by atoms with Crippen molar-refractivity contribution in [2.45, 2.75) is 26.4 Å². The van der Waals surface area contributed by atoms with Crippen molar-refractivity contribution in [3.8, 4) is 0 Å². The number of halogens is 1. The summed E-state index contributed by atoms with van der Waals surface area (Å²) in [6.45, 7) is 5.14. The fraction of sp³-hybridized carbons (Fsp3) is 0.259. The van der Waals surface area contributed by atoms with Gasteiger partial charge in [0.05, 0.1) is 12.7 Å². The molecule has 2 aliphatic rings. The van der Waals surface area contributed by atoms with Crippen molar-refractivity contribution in [2.75, 3.05) is 23.4 Å². The summed E-state index contributed by atoms with van der Waals surface area (Å²) in [5, 5.41) is 3.58. The summed E-state index contributed by atoms with van der Waals surface area (Å²) in [5.74, 6) is 0.176. The van der Waals surface area contributed by atoms with E-state index in [2.05, 4.69) is 5.32 Å². The summed E-state index contributed by atoms with van der Waals surface area (Å²) in [5.41, 5.74) is 5.45. The van der Waals surface area contributed by atoms with Crippen LogP contribution in [0.25, 0.3) is 0 Å². The van der Waals surface area contributed by atoms with Gasteiger partial charge in [-0.25, -0.2) is 0 Å². The second-order valence-corrected chi connectivity index (χ2v) is 9.20. The number of carbonyl (C=O) groups excluding carboxylic acids is 2. The summed E-state index contributed by atoms with van der Waals surface area (Å²) < 4.78 is 5.81. The largest absolute Gasteiger partial charge is 0.373 e. The van der Waals surface area contributed by atoms with Gasteiger partial charge in [-0.2, -0.15) is 0 Å². The third-order valence-electron chi connectivity index (χ3n) is 6.58. The van der Waals surface area contributed by atoms with E-state index in [1.807, 2.05) is 61.2 Å². The van der Waals surface area contributed by atoms with Gasteiger partial charge in [-0.15, -0.1) is 0 Å². The van der Waals surface area contributed by atoms with Crippen molar-refractivity contribution in [1.29, 1.82) is 0 Å². The molecule has 2 heterocycles. The number of carbonyl (C=O) groups is 2. The lowest BCUT2D eigenvalue weighted by Gasteiger charge is -2.36. The van der Waals surface area contributed by atoms with Crippen LogP contribution in [0.2, 0.25) is 5.02 Å². The highest BCUT2D eigenvalue weighted by molar-refractivity contribution is 6.30. The number of benzene rings is 3. The predicted octanol–water partition coefficient (Wildman–Crippen LogP) is 5.95. The van der Waals surface area contributed by atoms with E-state index >= 15 is 0 Å². The molecule has 5 rings (SSSR count). The van der Waals surface area contributed by atoms with Gasteiger partial charge in [-0.05, 0) is 73.9 Å². The standard InChI is InChI=1S/C27H25ClN2O3/c1-16-5-3-4-6-21(16)26(31)29-20-8-9-22(17(2)13-20)27(32)30-12-11-18-15-33-25(18)23-14-19(28)7-10-24(23)30/h3-10,13-14,18,25H,11-12,15H2,1-2H3,(H,29,31). The zero-order valence-electron chi connectivity index (χ0n) is 18.6. The monoisotopic (exact) mass is 460 g/mol. The van der Waals surface area contributed by atoms with E-state index in [1.54, 1.807) is 18.2 Å². The number of fused-ring (bicyclic) bond motifs is 3. The van der Waals surface area contributed by atoms with E-state index in [0.29, 0.717) is 40.9 Å². The Kier molecular flexibility index (Phi) is 5.69. The van der Waals surface area contributed by atoms with Crippen molar-refractivity contribution < 1.29 is 14.3 Å². The van der Waals surface area contributed by atoms with Crippen LogP contribution in [0.1, 0.15) is 49.9 Å². The zero-order valence-corrected chi connectivity index (χ0v) is 19.4. The molecule has 1 fully saturated rings. The Morgan fingerprint density at radius 1 is 1.00 bits per heavy atom. The zero-order chi connectivity index (χ0) is 23.1. The van der Waals surface area contributed by atoms with Gasteiger partial charge in [0.25, 0.3) is 11.8 Å². The van der Waals surface area contributed by atoms with Crippen LogP contribution in [0, 0.1) is 19.8 Å². The van der Waals surface area contributed by atoms with Crippen LogP contribution in [-0.2, 0) is 4.74 Å². The molecule has 1 saturated heterocycles.